The summed E-state index contributed by atoms with van der Waals surface area (Å²) >= 11 is 1.53. The van der Waals surface area contributed by atoms with Gasteiger partial charge in [0.2, 0.25) is 0 Å². The van der Waals surface area contributed by atoms with E-state index in [1.807, 2.05) is 36.9 Å². The van der Waals surface area contributed by atoms with Crippen molar-refractivity contribution in [3.8, 4) is 16.2 Å². The number of rotatable bonds is 5. The molecule has 3 heterocycles. The van der Waals surface area contributed by atoms with E-state index < -0.39 is 0 Å². The van der Waals surface area contributed by atoms with E-state index in [4.69, 9.17) is 4.74 Å². The number of hydrogen-bond donors (Lipinski definition) is 2. The number of aryl methyl sites for hydroxylation is 2. The fraction of sp³-hybridized carbons (Fsp3) is 0.333. The van der Waals surface area contributed by atoms with Crippen LogP contribution in [0.1, 0.15) is 37.8 Å². The van der Waals surface area contributed by atoms with Gasteiger partial charge in [-0.25, -0.2) is 4.98 Å². The van der Waals surface area contributed by atoms with Crippen molar-refractivity contribution < 1.29 is 19.1 Å². The van der Waals surface area contributed by atoms with E-state index in [2.05, 4.69) is 21.7 Å². The number of benzene rings is 2. The molecule has 0 spiro atoms. The van der Waals surface area contributed by atoms with Crippen LogP contribution in [0.2, 0.25) is 0 Å². The molecular formula is C27H26N4O4S. The van der Waals surface area contributed by atoms with E-state index in [1.54, 1.807) is 18.2 Å². The predicted octanol–water partition coefficient (Wildman–Crippen LogP) is 3.65. The number of nitrogens with one attached hydrogen (secondary N) is 2. The lowest BCUT2D eigenvalue weighted by molar-refractivity contribution is -0.118. The molecule has 36 heavy (non-hydrogen) atoms. The van der Waals surface area contributed by atoms with Crippen LogP contribution in [-0.4, -0.2) is 53.3 Å². The number of hydrogen-bond acceptors (Lipinski definition) is 6. The van der Waals surface area contributed by atoms with Crippen molar-refractivity contribution in [2.24, 2.45) is 11.8 Å². The highest BCUT2D eigenvalue weighted by Crippen LogP contribution is 2.50. The van der Waals surface area contributed by atoms with Gasteiger partial charge in [0, 0.05) is 13.1 Å². The van der Waals surface area contributed by atoms with Crippen molar-refractivity contribution in [1.82, 2.24) is 15.2 Å². The Balaban J connectivity index is 1.21. The number of thiazole rings is 1. The molecule has 2 fully saturated rings. The van der Waals surface area contributed by atoms with Crippen LogP contribution in [-0.2, 0) is 4.79 Å². The summed E-state index contributed by atoms with van der Waals surface area (Å²) in [5, 5.41) is 6.59. The zero-order valence-corrected chi connectivity index (χ0v) is 20.9. The van der Waals surface area contributed by atoms with E-state index >= 15 is 0 Å². The van der Waals surface area contributed by atoms with Crippen molar-refractivity contribution in [3.05, 3.63) is 64.3 Å². The highest BCUT2D eigenvalue weighted by atomic mass is 32.1. The van der Waals surface area contributed by atoms with Gasteiger partial charge in [-0.2, -0.15) is 0 Å². The topological polar surface area (TPSA) is 101 Å². The SMILES string of the molecule is Cc1cccc(-c2sc(C)nc2C(=O)N2C[C@H]3C[C@H]3[C@H]2CNC(=O)c2cccc3c2OCC(=O)N3)c1. The number of carbonyl (C=O) groups excluding carboxylic acids is 3. The first-order valence-electron chi connectivity index (χ1n) is 12.1. The fourth-order valence-electron chi connectivity index (χ4n) is 5.34. The molecule has 0 radical (unpaired) electrons. The third kappa shape index (κ3) is 4.03. The lowest BCUT2D eigenvalue weighted by Gasteiger charge is -2.28. The Morgan fingerprint density at radius 3 is 2.89 bits per heavy atom. The van der Waals surface area contributed by atoms with Crippen molar-refractivity contribution >= 4 is 34.7 Å². The summed E-state index contributed by atoms with van der Waals surface area (Å²) in [6.45, 7) is 4.87. The molecule has 1 saturated heterocycles. The Bertz CT molecular complexity index is 1400. The van der Waals surface area contributed by atoms with Gasteiger partial charge in [-0.1, -0.05) is 35.9 Å². The Hall–Kier alpha value is -3.72. The van der Waals surface area contributed by atoms with Gasteiger partial charge in [0.05, 0.1) is 27.2 Å². The second kappa shape index (κ2) is 8.74. The molecule has 3 amide bonds. The van der Waals surface area contributed by atoms with Gasteiger partial charge in [-0.15, -0.1) is 11.3 Å². The zero-order chi connectivity index (χ0) is 25.0. The quantitative estimate of drug-likeness (QED) is 0.555. The largest absolute Gasteiger partial charge is 0.481 e. The standard InChI is InChI=1S/C27H26N4O4S/c1-14-5-3-6-16(9-14)25-23(29-15(2)36-25)27(34)31-12-17-10-19(17)21(31)11-28-26(33)18-7-4-8-20-24(18)35-13-22(32)30-20/h3-9,17,19,21H,10-13H2,1-2H3,(H,28,33)(H,30,32)/t17-,19-,21-/m1/s1. The summed E-state index contributed by atoms with van der Waals surface area (Å²) in [7, 11) is 0. The molecular weight excluding hydrogens is 476 g/mol. The first-order chi connectivity index (χ1) is 17.4. The maximum atomic E-state index is 13.8. The molecule has 3 aliphatic rings. The lowest BCUT2D eigenvalue weighted by atomic mass is 10.1. The minimum atomic E-state index is -0.288. The van der Waals surface area contributed by atoms with Crippen LogP contribution in [0.25, 0.3) is 10.4 Å². The number of amides is 3. The van der Waals surface area contributed by atoms with Gasteiger partial charge in [0.15, 0.2) is 12.4 Å². The average molecular weight is 503 g/mol. The Morgan fingerprint density at radius 2 is 2.06 bits per heavy atom. The summed E-state index contributed by atoms with van der Waals surface area (Å²) in [6, 6.07) is 13.1. The normalized spacial score (nSPS) is 21.8. The number of nitrogens with zero attached hydrogens (tertiary/aromatic N) is 2. The smallest absolute Gasteiger partial charge is 0.274 e. The lowest BCUT2D eigenvalue weighted by Crippen LogP contribution is -2.46. The van der Waals surface area contributed by atoms with Gasteiger partial charge in [0.25, 0.3) is 17.7 Å². The van der Waals surface area contributed by atoms with E-state index in [0.29, 0.717) is 47.6 Å². The third-order valence-corrected chi connectivity index (χ3v) is 8.15. The van der Waals surface area contributed by atoms with Crippen LogP contribution in [0.4, 0.5) is 5.69 Å². The molecule has 184 valence electrons. The van der Waals surface area contributed by atoms with Crippen LogP contribution in [0, 0.1) is 25.7 Å². The fourth-order valence-corrected chi connectivity index (χ4v) is 6.25. The highest BCUT2D eigenvalue weighted by Gasteiger charge is 2.54. The van der Waals surface area contributed by atoms with E-state index in [-0.39, 0.29) is 30.4 Å². The molecule has 0 unspecified atom stereocenters. The minimum Gasteiger partial charge on any atom is -0.481 e. The molecule has 1 saturated carbocycles. The maximum Gasteiger partial charge on any atom is 0.274 e. The van der Waals surface area contributed by atoms with Crippen molar-refractivity contribution in [3.63, 3.8) is 0 Å². The predicted molar refractivity (Wildman–Crippen MR) is 136 cm³/mol. The Labute approximate surface area is 212 Å². The number of ether oxygens (including phenoxy) is 1. The molecule has 2 N–H and O–H groups in total. The monoisotopic (exact) mass is 502 g/mol. The number of fused-ring (bicyclic) bond motifs is 2. The number of carbonyl (C=O) groups is 3. The second-order valence-electron chi connectivity index (χ2n) is 9.69. The average Bonchev–Trinajstić information content (AvgIpc) is 3.37. The molecule has 0 bridgehead atoms. The van der Waals surface area contributed by atoms with Gasteiger partial charge < -0.3 is 20.3 Å². The molecule has 2 aliphatic heterocycles. The molecule has 1 aromatic heterocycles. The number of piperidine rings is 1. The molecule has 1 aliphatic carbocycles. The Kier molecular flexibility index (Phi) is 5.52. The number of aromatic nitrogens is 1. The van der Waals surface area contributed by atoms with Gasteiger partial charge in [-0.05, 0) is 49.8 Å². The van der Waals surface area contributed by atoms with Gasteiger partial charge in [-0.3, -0.25) is 14.4 Å². The summed E-state index contributed by atoms with van der Waals surface area (Å²) in [5.74, 6) is 0.619. The summed E-state index contributed by atoms with van der Waals surface area (Å²) in [6.07, 6.45) is 1.07. The van der Waals surface area contributed by atoms with Gasteiger partial charge >= 0.3 is 0 Å². The summed E-state index contributed by atoms with van der Waals surface area (Å²) in [5.41, 5.74) is 3.47. The molecule has 3 atom stereocenters. The van der Waals surface area contributed by atoms with Gasteiger partial charge in [0.1, 0.15) is 5.69 Å². The molecule has 3 aromatic rings. The van der Waals surface area contributed by atoms with Crippen molar-refractivity contribution in [2.45, 2.75) is 26.3 Å². The molecule has 8 nitrogen and oxygen atoms in total. The minimum absolute atomic E-state index is 0.0783. The number of anilines is 1. The molecule has 2 aromatic carbocycles. The van der Waals surface area contributed by atoms with Crippen molar-refractivity contribution in [1.29, 1.82) is 0 Å². The summed E-state index contributed by atoms with van der Waals surface area (Å²) in [4.78, 5) is 45.8. The molecule has 6 rings (SSSR count). The highest BCUT2D eigenvalue weighted by molar-refractivity contribution is 7.15. The number of para-hydroxylation sites is 1. The van der Waals surface area contributed by atoms with Crippen LogP contribution in [0.3, 0.4) is 0 Å². The van der Waals surface area contributed by atoms with E-state index in [0.717, 1.165) is 27.4 Å². The zero-order valence-electron chi connectivity index (χ0n) is 20.0. The Morgan fingerprint density at radius 1 is 1.22 bits per heavy atom. The van der Waals surface area contributed by atoms with E-state index in [1.165, 1.54) is 11.3 Å². The van der Waals surface area contributed by atoms with Crippen LogP contribution >= 0.6 is 11.3 Å². The van der Waals surface area contributed by atoms with Crippen LogP contribution in [0.15, 0.2) is 42.5 Å². The molecule has 9 heteroatoms. The van der Waals surface area contributed by atoms with Crippen molar-refractivity contribution in [2.75, 3.05) is 25.0 Å². The number of likely N-dealkylation sites (tertiary alicyclic amines) is 1. The second-order valence-corrected chi connectivity index (χ2v) is 10.9. The maximum absolute atomic E-state index is 13.8. The first-order valence-corrected chi connectivity index (χ1v) is 12.9. The van der Waals surface area contributed by atoms with E-state index in [9.17, 15) is 14.4 Å². The van der Waals surface area contributed by atoms with Crippen LogP contribution < -0.4 is 15.4 Å². The third-order valence-electron chi connectivity index (χ3n) is 7.13. The summed E-state index contributed by atoms with van der Waals surface area (Å²) < 4.78 is 5.53. The first kappa shape index (κ1) is 22.7. The van der Waals surface area contributed by atoms with Crippen LogP contribution in [0.5, 0.6) is 5.75 Å².